The lowest BCUT2D eigenvalue weighted by molar-refractivity contribution is -0.113. The van der Waals surface area contributed by atoms with Gasteiger partial charge in [-0.25, -0.2) is 4.99 Å². The predicted molar refractivity (Wildman–Crippen MR) is 131 cm³/mol. The molecule has 0 radical (unpaired) electrons. The monoisotopic (exact) mass is 494 g/mol. The van der Waals surface area contributed by atoms with Gasteiger partial charge in [-0.3, -0.25) is 14.2 Å². The lowest BCUT2D eigenvalue weighted by Crippen LogP contribution is -2.32. The van der Waals surface area contributed by atoms with E-state index in [1.54, 1.807) is 18.2 Å². The summed E-state index contributed by atoms with van der Waals surface area (Å²) in [5.74, 6) is 1.22. The highest BCUT2D eigenvalue weighted by Crippen LogP contribution is 2.39. The van der Waals surface area contributed by atoms with Gasteiger partial charge in [0.1, 0.15) is 11.5 Å². The highest BCUT2D eigenvalue weighted by Gasteiger charge is 2.32. The van der Waals surface area contributed by atoms with E-state index >= 15 is 0 Å². The zero-order chi connectivity index (χ0) is 25.2. The second-order valence-electron chi connectivity index (χ2n) is 7.40. The Bertz CT molecular complexity index is 1410. The molecule has 1 aliphatic rings. The standard InChI is InChI=1S/C25H22N2O7S/c1-32-21-14-16(15-22(33-2)23(21)34-3)13-20-25(28)27(24(26-20)17-7-5-4-6-8-17)18-9-11-19(12-10-18)35(29,30)31/h4-15H,1-3H3,(H,29,30,31). The number of hydrogen-bond acceptors (Lipinski definition) is 7. The first kappa shape index (κ1) is 24.0. The molecular weight excluding hydrogens is 472 g/mol. The van der Waals surface area contributed by atoms with Crippen molar-refractivity contribution in [3.8, 4) is 17.2 Å². The molecule has 0 saturated heterocycles. The van der Waals surface area contributed by atoms with E-state index in [0.717, 1.165) is 0 Å². The molecule has 10 heteroatoms. The molecule has 35 heavy (non-hydrogen) atoms. The molecule has 4 rings (SSSR count). The lowest BCUT2D eigenvalue weighted by atomic mass is 10.1. The Labute approximate surface area is 202 Å². The van der Waals surface area contributed by atoms with Crippen molar-refractivity contribution < 1.29 is 32.0 Å². The molecule has 1 aliphatic heterocycles. The van der Waals surface area contributed by atoms with E-state index in [-0.39, 0.29) is 10.6 Å². The van der Waals surface area contributed by atoms with Crippen molar-refractivity contribution in [3.05, 3.63) is 83.6 Å². The van der Waals surface area contributed by atoms with Crippen LogP contribution in [0.25, 0.3) is 6.08 Å². The second kappa shape index (κ2) is 9.61. The molecule has 0 saturated carbocycles. The van der Waals surface area contributed by atoms with Gasteiger partial charge in [-0.2, -0.15) is 8.42 Å². The van der Waals surface area contributed by atoms with E-state index in [0.29, 0.717) is 39.9 Å². The zero-order valence-corrected chi connectivity index (χ0v) is 19.9. The number of anilines is 1. The van der Waals surface area contributed by atoms with Gasteiger partial charge in [-0.1, -0.05) is 30.3 Å². The third kappa shape index (κ3) is 4.75. The van der Waals surface area contributed by atoms with Crippen LogP contribution in [0.3, 0.4) is 0 Å². The van der Waals surface area contributed by atoms with Gasteiger partial charge in [0.2, 0.25) is 5.75 Å². The molecular formula is C25H22N2O7S. The second-order valence-corrected chi connectivity index (χ2v) is 8.82. The van der Waals surface area contributed by atoms with Crippen LogP contribution in [-0.4, -0.2) is 46.0 Å². The first-order valence-corrected chi connectivity index (χ1v) is 11.8. The van der Waals surface area contributed by atoms with Crippen molar-refractivity contribution in [2.45, 2.75) is 4.90 Å². The summed E-state index contributed by atoms with van der Waals surface area (Å²) in [5, 5.41) is 0. The number of rotatable bonds is 7. The van der Waals surface area contributed by atoms with Crippen LogP contribution in [0.15, 0.2) is 82.3 Å². The first-order chi connectivity index (χ1) is 16.8. The molecule has 3 aromatic rings. The smallest absolute Gasteiger partial charge is 0.294 e. The van der Waals surface area contributed by atoms with Crippen LogP contribution in [-0.2, 0) is 14.9 Å². The van der Waals surface area contributed by atoms with E-state index in [1.165, 1.54) is 50.5 Å². The lowest BCUT2D eigenvalue weighted by Gasteiger charge is -2.18. The largest absolute Gasteiger partial charge is 0.493 e. The Morgan fingerprint density at radius 3 is 2.00 bits per heavy atom. The van der Waals surface area contributed by atoms with Crippen LogP contribution >= 0.6 is 0 Å². The first-order valence-electron chi connectivity index (χ1n) is 10.3. The molecule has 180 valence electrons. The minimum atomic E-state index is -4.37. The average Bonchev–Trinajstić information content (AvgIpc) is 3.19. The fourth-order valence-corrected chi connectivity index (χ4v) is 4.13. The normalized spacial score (nSPS) is 14.7. The van der Waals surface area contributed by atoms with Crippen LogP contribution < -0.4 is 19.1 Å². The fraction of sp³-hybridized carbons (Fsp3) is 0.120. The van der Waals surface area contributed by atoms with E-state index in [9.17, 15) is 17.8 Å². The Morgan fingerprint density at radius 2 is 1.49 bits per heavy atom. The van der Waals surface area contributed by atoms with Gasteiger partial charge in [0.25, 0.3) is 16.0 Å². The van der Waals surface area contributed by atoms with E-state index in [1.807, 2.05) is 30.3 Å². The SMILES string of the molecule is COc1cc(C=C2N=C(c3ccccc3)N(c3ccc(S(=O)(=O)O)cc3)C2=O)cc(OC)c1OC. The number of carbonyl (C=O) groups excluding carboxylic acids is 1. The number of ether oxygens (including phenoxy) is 3. The quantitative estimate of drug-likeness (QED) is 0.393. The summed E-state index contributed by atoms with van der Waals surface area (Å²) in [7, 11) is 0.126. The summed E-state index contributed by atoms with van der Waals surface area (Å²) < 4.78 is 48.3. The maximum atomic E-state index is 13.5. The van der Waals surface area contributed by atoms with Crippen molar-refractivity contribution in [1.82, 2.24) is 0 Å². The Hall–Kier alpha value is -4.15. The van der Waals surface area contributed by atoms with E-state index in [2.05, 4.69) is 4.99 Å². The van der Waals surface area contributed by atoms with Crippen LogP contribution in [0.4, 0.5) is 5.69 Å². The van der Waals surface area contributed by atoms with Gasteiger partial charge >= 0.3 is 0 Å². The summed E-state index contributed by atoms with van der Waals surface area (Å²) in [6, 6.07) is 17.8. The Morgan fingerprint density at radius 1 is 0.886 bits per heavy atom. The molecule has 0 spiro atoms. The van der Waals surface area contributed by atoms with Crippen LogP contribution in [0.5, 0.6) is 17.2 Å². The molecule has 9 nitrogen and oxygen atoms in total. The average molecular weight is 495 g/mol. The van der Waals surface area contributed by atoms with E-state index < -0.39 is 16.0 Å². The van der Waals surface area contributed by atoms with Crippen molar-refractivity contribution >= 4 is 33.6 Å². The summed E-state index contributed by atoms with van der Waals surface area (Å²) in [4.78, 5) is 19.2. The number of nitrogens with zero attached hydrogens (tertiary/aromatic N) is 2. The molecule has 0 fully saturated rings. The van der Waals surface area contributed by atoms with Crippen LogP contribution in [0, 0.1) is 0 Å². The molecule has 1 amide bonds. The number of methoxy groups -OCH3 is 3. The minimum Gasteiger partial charge on any atom is -0.493 e. The predicted octanol–water partition coefficient (Wildman–Crippen LogP) is 3.79. The van der Waals surface area contributed by atoms with Crippen molar-refractivity contribution in [2.24, 2.45) is 4.99 Å². The topological polar surface area (TPSA) is 115 Å². The van der Waals surface area contributed by atoms with Crippen LogP contribution in [0.1, 0.15) is 11.1 Å². The molecule has 0 aliphatic carbocycles. The van der Waals surface area contributed by atoms with Gasteiger partial charge in [0.15, 0.2) is 11.5 Å². The maximum Gasteiger partial charge on any atom is 0.294 e. The molecule has 0 bridgehead atoms. The third-order valence-electron chi connectivity index (χ3n) is 5.28. The third-order valence-corrected chi connectivity index (χ3v) is 6.14. The minimum absolute atomic E-state index is 0.150. The van der Waals surface area contributed by atoms with Crippen molar-refractivity contribution in [1.29, 1.82) is 0 Å². The Kier molecular flexibility index (Phi) is 6.59. The molecule has 0 atom stereocenters. The number of amidine groups is 1. The van der Waals surface area contributed by atoms with Gasteiger partial charge in [-0.15, -0.1) is 0 Å². The number of amides is 1. The summed E-state index contributed by atoms with van der Waals surface area (Å²) in [5.41, 5.74) is 1.82. The summed E-state index contributed by atoms with van der Waals surface area (Å²) in [6.45, 7) is 0. The number of hydrogen-bond donors (Lipinski definition) is 1. The van der Waals surface area contributed by atoms with Gasteiger partial charge in [0, 0.05) is 5.56 Å². The highest BCUT2D eigenvalue weighted by molar-refractivity contribution is 7.85. The summed E-state index contributed by atoms with van der Waals surface area (Å²) >= 11 is 0. The molecule has 0 aromatic heterocycles. The van der Waals surface area contributed by atoms with Gasteiger partial charge in [-0.05, 0) is 48.0 Å². The highest BCUT2D eigenvalue weighted by atomic mass is 32.2. The molecule has 0 unspecified atom stereocenters. The number of carbonyl (C=O) groups is 1. The fourth-order valence-electron chi connectivity index (χ4n) is 3.65. The molecule has 1 N–H and O–H groups in total. The van der Waals surface area contributed by atoms with E-state index in [4.69, 9.17) is 14.2 Å². The zero-order valence-electron chi connectivity index (χ0n) is 19.1. The maximum absolute atomic E-state index is 13.5. The number of aliphatic imine (C=N–C) groups is 1. The van der Waals surface area contributed by atoms with Crippen molar-refractivity contribution in [3.63, 3.8) is 0 Å². The molecule has 1 heterocycles. The Balaban J connectivity index is 1.82. The number of benzene rings is 3. The summed E-state index contributed by atoms with van der Waals surface area (Å²) in [6.07, 6.45) is 1.60. The van der Waals surface area contributed by atoms with Gasteiger partial charge < -0.3 is 14.2 Å². The van der Waals surface area contributed by atoms with Crippen LogP contribution in [0.2, 0.25) is 0 Å². The van der Waals surface area contributed by atoms with Gasteiger partial charge in [0.05, 0.1) is 31.9 Å². The van der Waals surface area contributed by atoms with Crippen molar-refractivity contribution in [2.75, 3.05) is 26.2 Å². The molecule has 3 aromatic carbocycles.